The number of piperazine rings is 1. The first-order valence-electron chi connectivity index (χ1n) is 9.22. The Labute approximate surface area is 154 Å². The standard InChI is InChI=1S/C20H26N4O2/c1-3-4-12-24-19(25)11-10-17(21-24)20(26)23-14-13-22(2)15-18(23)16-8-6-5-7-9-16/h5-11,18H,3-4,12-15H2,1-2H3. The molecule has 1 atom stereocenters. The summed E-state index contributed by atoms with van der Waals surface area (Å²) in [7, 11) is 2.07. The van der Waals surface area contributed by atoms with Crippen molar-refractivity contribution in [2.45, 2.75) is 32.4 Å². The van der Waals surface area contributed by atoms with E-state index in [0.717, 1.165) is 31.5 Å². The summed E-state index contributed by atoms with van der Waals surface area (Å²) in [4.78, 5) is 29.2. The number of aryl methyl sites for hydroxylation is 1. The van der Waals surface area contributed by atoms with Crippen LogP contribution in [0.15, 0.2) is 47.3 Å². The van der Waals surface area contributed by atoms with E-state index in [0.29, 0.717) is 18.8 Å². The summed E-state index contributed by atoms with van der Waals surface area (Å²) in [6, 6.07) is 13.1. The molecule has 1 aliphatic heterocycles. The fourth-order valence-corrected chi connectivity index (χ4v) is 3.30. The van der Waals surface area contributed by atoms with Gasteiger partial charge < -0.3 is 9.80 Å². The van der Waals surface area contributed by atoms with Gasteiger partial charge in [0.25, 0.3) is 11.5 Å². The van der Waals surface area contributed by atoms with Gasteiger partial charge in [-0.3, -0.25) is 9.59 Å². The van der Waals surface area contributed by atoms with Crippen LogP contribution in [0.1, 0.15) is 41.9 Å². The van der Waals surface area contributed by atoms with E-state index >= 15 is 0 Å². The molecule has 138 valence electrons. The maximum Gasteiger partial charge on any atom is 0.274 e. The fraction of sp³-hybridized carbons (Fsp3) is 0.450. The highest BCUT2D eigenvalue weighted by molar-refractivity contribution is 5.92. The Kier molecular flexibility index (Phi) is 5.83. The molecule has 0 aliphatic carbocycles. The second-order valence-electron chi connectivity index (χ2n) is 6.82. The lowest BCUT2D eigenvalue weighted by molar-refractivity contribution is 0.0489. The maximum absolute atomic E-state index is 13.2. The van der Waals surface area contributed by atoms with Crippen LogP contribution in [0.25, 0.3) is 0 Å². The summed E-state index contributed by atoms with van der Waals surface area (Å²) in [6.45, 7) is 4.86. The molecule has 0 bridgehead atoms. The largest absolute Gasteiger partial charge is 0.328 e. The highest BCUT2D eigenvalue weighted by Gasteiger charge is 2.31. The quantitative estimate of drug-likeness (QED) is 0.826. The molecule has 0 saturated carbocycles. The maximum atomic E-state index is 13.2. The van der Waals surface area contributed by atoms with Crippen molar-refractivity contribution in [3.8, 4) is 0 Å². The van der Waals surface area contributed by atoms with Gasteiger partial charge in [0.15, 0.2) is 0 Å². The zero-order chi connectivity index (χ0) is 18.5. The number of aromatic nitrogens is 2. The summed E-state index contributed by atoms with van der Waals surface area (Å²) >= 11 is 0. The van der Waals surface area contributed by atoms with Crippen molar-refractivity contribution in [1.29, 1.82) is 0 Å². The number of likely N-dealkylation sites (N-methyl/N-ethyl adjacent to an activating group) is 1. The van der Waals surface area contributed by atoms with Crippen LogP contribution < -0.4 is 5.56 Å². The van der Waals surface area contributed by atoms with Crippen LogP contribution in [0.5, 0.6) is 0 Å². The van der Waals surface area contributed by atoms with Crippen LogP contribution >= 0.6 is 0 Å². The van der Waals surface area contributed by atoms with Crippen molar-refractivity contribution in [2.75, 3.05) is 26.7 Å². The highest BCUT2D eigenvalue weighted by atomic mass is 16.2. The minimum atomic E-state index is -0.159. The second-order valence-corrected chi connectivity index (χ2v) is 6.82. The summed E-state index contributed by atoms with van der Waals surface area (Å²) in [5, 5.41) is 4.33. The van der Waals surface area contributed by atoms with Crippen LogP contribution in [0, 0.1) is 0 Å². The molecule has 1 aromatic carbocycles. The fourth-order valence-electron chi connectivity index (χ4n) is 3.30. The number of carbonyl (C=O) groups excluding carboxylic acids is 1. The second kappa shape index (κ2) is 8.27. The Morgan fingerprint density at radius 2 is 1.92 bits per heavy atom. The molecule has 6 nitrogen and oxygen atoms in total. The first kappa shape index (κ1) is 18.3. The predicted molar refractivity (Wildman–Crippen MR) is 101 cm³/mol. The molecular weight excluding hydrogens is 328 g/mol. The lowest BCUT2D eigenvalue weighted by Gasteiger charge is -2.40. The van der Waals surface area contributed by atoms with Crippen LogP contribution in [0.3, 0.4) is 0 Å². The number of hydrogen-bond donors (Lipinski definition) is 0. The van der Waals surface area contributed by atoms with Gasteiger partial charge in [-0.1, -0.05) is 43.7 Å². The van der Waals surface area contributed by atoms with E-state index < -0.39 is 0 Å². The number of hydrogen-bond acceptors (Lipinski definition) is 4. The van der Waals surface area contributed by atoms with Gasteiger partial charge in [0.1, 0.15) is 5.69 Å². The zero-order valence-corrected chi connectivity index (χ0v) is 15.5. The third-order valence-electron chi connectivity index (χ3n) is 4.84. The first-order valence-corrected chi connectivity index (χ1v) is 9.22. The van der Waals surface area contributed by atoms with Crippen LogP contribution in [-0.4, -0.2) is 52.2 Å². The number of benzene rings is 1. The van der Waals surface area contributed by atoms with Gasteiger partial charge in [0, 0.05) is 32.2 Å². The molecule has 1 amide bonds. The molecule has 26 heavy (non-hydrogen) atoms. The minimum Gasteiger partial charge on any atom is -0.328 e. The molecule has 0 spiro atoms. The molecule has 3 rings (SSSR count). The lowest BCUT2D eigenvalue weighted by atomic mass is 10.0. The van der Waals surface area contributed by atoms with Gasteiger partial charge in [0.2, 0.25) is 0 Å². The van der Waals surface area contributed by atoms with E-state index in [2.05, 4.69) is 36.1 Å². The average molecular weight is 354 g/mol. The van der Waals surface area contributed by atoms with Gasteiger partial charge >= 0.3 is 0 Å². The lowest BCUT2D eigenvalue weighted by Crippen LogP contribution is -2.49. The molecule has 2 heterocycles. The van der Waals surface area contributed by atoms with Gasteiger partial charge in [0.05, 0.1) is 6.04 Å². The molecule has 6 heteroatoms. The van der Waals surface area contributed by atoms with Crippen molar-refractivity contribution in [1.82, 2.24) is 19.6 Å². The molecule has 2 aromatic rings. The summed E-state index contributed by atoms with van der Waals surface area (Å²) in [5.41, 5.74) is 1.30. The normalized spacial score (nSPS) is 18.1. The Hall–Kier alpha value is -2.47. The third kappa shape index (κ3) is 4.02. The van der Waals surface area contributed by atoms with E-state index in [9.17, 15) is 9.59 Å². The molecule has 1 unspecified atom stereocenters. The smallest absolute Gasteiger partial charge is 0.274 e. The van der Waals surface area contributed by atoms with E-state index in [1.807, 2.05) is 23.1 Å². The van der Waals surface area contributed by atoms with Gasteiger partial charge in [-0.05, 0) is 25.1 Å². The SMILES string of the molecule is CCCCn1nc(C(=O)N2CCN(C)CC2c2ccccc2)ccc1=O. The molecule has 1 saturated heterocycles. The van der Waals surface area contributed by atoms with Crippen molar-refractivity contribution in [3.63, 3.8) is 0 Å². The van der Waals surface area contributed by atoms with E-state index in [-0.39, 0.29) is 17.5 Å². The number of nitrogens with zero attached hydrogens (tertiary/aromatic N) is 4. The van der Waals surface area contributed by atoms with E-state index in [4.69, 9.17) is 0 Å². The first-order chi connectivity index (χ1) is 12.6. The van der Waals surface area contributed by atoms with Crippen molar-refractivity contribution >= 4 is 5.91 Å². The van der Waals surface area contributed by atoms with Crippen molar-refractivity contribution in [2.24, 2.45) is 0 Å². The molecule has 0 radical (unpaired) electrons. The Morgan fingerprint density at radius 1 is 1.15 bits per heavy atom. The average Bonchev–Trinajstić information content (AvgIpc) is 2.67. The number of unbranched alkanes of at least 4 members (excludes halogenated alkanes) is 1. The third-order valence-corrected chi connectivity index (χ3v) is 4.84. The zero-order valence-electron chi connectivity index (χ0n) is 15.5. The molecule has 1 fully saturated rings. The topological polar surface area (TPSA) is 58.4 Å². The molecule has 1 aliphatic rings. The number of rotatable bonds is 5. The van der Waals surface area contributed by atoms with E-state index in [1.165, 1.54) is 10.7 Å². The van der Waals surface area contributed by atoms with Crippen LogP contribution in [0.4, 0.5) is 0 Å². The molecule has 1 aromatic heterocycles. The Balaban J connectivity index is 1.88. The predicted octanol–water partition coefficient (Wildman–Crippen LogP) is 2.17. The van der Waals surface area contributed by atoms with Gasteiger partial charge in [-0.25, -0.2) is 4.68 Å². The monoisotopic (exact) mass is 354 g/mol. The van der Waals surface area contributed by atoms with E-state index in [1.54, 1.807) is 6.07 Å². The number of carbonyl (C=O) groups is 1. The van der Waals surface area contributed by atoms with Crippen LogP contribution in [-0.2, 0) is 6.54 Å². The molecular formula is C20H26N4O2. The highest BCUT2D eigenvalue weighted by Crippen LogP contribution is 2.26. The molecule has 0 N–H and O–H groups in total. The van der Waals surface area contributed by atoms with Crippen LogP contribution in [0.2, 0.25) is 0 Å². The number of amides is 1. The minimum absolute atomic E-state index is 0.0136. The van der Waals surface area contributed by atoms with Gasteiger partial charge in [-0.2, -0.15) is 5.10 Å². The summed E-state index contributed by atoms with van der Waals surface area (Å²) < 4.78 is 1.41. The van der Waals surface area contributed by atoms with Crippen molar-refractivity contribution in [3.05, 3.63) is 64.1 Å². The Morgan fingerprint density at radius 3 is 2.65 bits per heavy atom. The Bertz CT molecular complexity index is 803. The summed E-state index contributed by atoms with van der Waals surface area (Å²) in [6.07, 6.45) is 1.84. The van der Waals surface area contributed by atoms with Crippen molar-refractivity contribution < 1.29 is 4.79 Å². The van der Waals surface area contributed by atoms with Gasteiger partial charge in [-0.15, -0.1) is 0 Å². The summed E-state index contributed by atoms with van der Waals surface area (Å²) in [5.74, 6) is -0.114.